The predicted octanol–water partition coefficient (Wildman–Crippen LogP) is 1.20. The second-order valence-electron chi connectivity index (χ2n) is 4.80. The van der Waals surface area contributed by atoms with Gasteiger partial charge < -0.3 is 19.9 Å². The number of unbranched alkanes of at least 4 members (excludes halogenated alkanes) is 1. The van der Waals surface area contributed by atoms with Crippen molar-refractivity contribution >= 4 is 5.91 Å². The van der Waals surface area contributed by atoms with Crippen LogP contribution in [0.2, 0.25) is 0 Å². The molecular weight excluding hydrogens is 234 g/mol. The van der Waals surface area contributed by atoms with E-state index in [0.29, 0.717) is 25.9 Å². The molecule has 3 unspecified atom stereocenters. The lowest BCUT2D eigenvalue weighted by molar-refractivity contribution is -0.163. The standard InChI is InChI=1S/C13H25NO4/c1-3-4-7-14-12(16)6-5-8-17-13-11(15)9-10(2)18-13/h10-11,13,15H,3-9H2,1-2H3,(H,14,16). The van der Waals surface area contributed by atoms with Crippen LogP contribution < -0.4 is 5.32 Å². The fourth-order valence-electron chi connectivity index (χ4n) is 1.90. The van der Waals surface area contributed by atoms with Crippen LogP contribution in [-0.2, 0) is 14.3 Å². The molecule has 1 aliphatic rings. The monoisotopic (exact) mass is 259 g/mol. The first kappa shape index (κ1) is 15.4. The van der Waals surface area contributed by atoms with Gasteiger partial charge >= 0.3 is 0 Å². The van der Waals surface area contributed by atoms with Crippen molar-refractivity contribution in [3.05, 3.63) is 0 Å². The molecule has 1 rings (SSSR count). The number of carbonyl (C=O) groups excluding carboxylic acids is 1. The van der Waals surface area contributed by atoms with Crippen molar-refractivity contribution in [3.63, 3.8) is 0 Å². The van der Waals surface area contributed by atoms with Crippen molar-refractivity contribution in [3.8, 4) is 0 Å². The Morgan fingerprint density at radius 3 is 2.89 bits per heavy atom. The number of rotatable bonds is 8. The van der Waals surface area contributed by atoms with Crippen LogP contribution in [0.5, 0.6) is 0 Å². The molecule has 106 valence electrons. The number of amides is 1. The molecule has 0 aromatic heterocycles. The summed E-state index contributed by atoms with van der Waals surface area (Å²) in [5.74, 6) is 0.0632. The summed E-state index contributed by atoms with van der Waals surface area (Å²) in [5.41, 5.74) is 0. The number of aliphatic hydroxyl groups excluding tert-OH is 1. The van der Waals surface area contributed by atoms with E-state index in [1.54, 1.807) is 0 Å². The molecule has 1 saturated heterocycles. The topological polar surface area (TPSA) is 67.8 Å². The van der Waals surface area contributed by atoms with Crippen LogP contribution in [-0.4, -0.2) is 42.7 Å². The third-order valence-corrected chi connectivity index (χ3v) is 2.94. The average Bonchev–Trinajstić information content (AvgIpc) is 2.64. The van der Waals surface area contributed by atoms with E-state index in [9.17, 15) is 9.90 Å². The summed E-state index contributed by atoms with van der Waals surface area (Å²) in [5, 5.41) is 12.4. The van der Waals surface area contributed by atoms with Crippen LogP contribution in [0.1, 0.15) is 46.0 Å². The Bertz CT molecular complexity index is 247. The summed E-state index contributed by atoms with van der Waals surface area (Å²) < 4.78 is 10.8. The number of carbonyl (C=O) groups is 1. The van der Waals surface area contributed by atoms with Crippen molar-refractivity contribution in [1.82, 2.24) is 5.32 Å². The van der Waals surface area contributed by atoms with Crippen LogP contribution >= 0.6 is 0 Å². The zero-order valence-corrected chi connectivity index (χ0v) is 11.4. The number of hydrogen-bond donors (Lipinski definition) is 2. The van der Waals surface area contributed by atoms with Gasteiger partial charge in [0.25, 0.3) is 0 Å². The minimum Gasteiger partial charge on any atom is -0.388 e. The van der Waals surface area contributed by atoms with Crippen LogP contribution in [0.25, 0.3) is 0 Å². The van der Waals surface area contributed by atoms with Crippen molar-refractivity contribution < 1.29 is 19.4 Å². The lowest BCUT2D eigenvalue weighted by Crippen LogP contribution is -2.26. The molecule has 0 bridgehead atoms. The quantitative estimate of drug-likeness (QED) is 0.643. The van der Waals surface area contributed by atoms with Crippen molar-refractivity contribution in [2.24, 2.45) is 0 Å². The van der Waals surface area contributed by atoms with E-state index < -0.39 is 12.4 Å². The van der Waals surface area contributed by atoms with Gasteiger partial charge in [0, 0.05) is 19.4 Å². The van der Waals surface area contributed by atoms with Gasteiger partial charge in [0.15, 0.2) is 6.29 Å². The van der Waals surface area contributed by atoms with E-state index in [2.05, 4.69) is 12.2 Å². The molecule has 1 amide bonds. The lowest BCUT2D eigenvalue weighted by atomic mass is 10.2. The number of ether oxygens (including phenoxy) is 2. The summed E-state index contributed by atoms with van der Waals surface area (Å²) in [7, 11) is 0. The average molecular weight is 259 g/mol. The van der Waals surface area contributed by atoms with Crippen LogP contribution in [0, 0.1) is 0 Å². The Morgan fingerprint density at radius 1 is 1.50 bits per heavy atom. The predicted molar refractivity (Wildman–Crippen MR) is 68.1 cm³/mol. The second kappa shape index (κ2) is 8.45. The fraction of sp³-hybridized carbons (Fsp3) is 0.923. The Labute approximate surface area is 109 Å². The van der Waals surface area contributed by atoms with Crippen molar-refractivity contribution in [1.29, 1.82) is 0 Å². The largest absolute Gasteiger partial charge is 0.388 e. The molecule has 1 heterocycles. The van der Waals surface area contributed by atoms with E-state index >= 15 is 0 Å². The molecule has 0 aromatic rings. The van der Waals surface area contributed by atoms with Gasteiger partial charge in [-0.2, -0.15) is 0 Å². The second-order valence-corrected chi connectivity index (χ2v) is 4.80. The number of hydrogen-bond acceptors (Lipinski definition) is 4. The van der Waals surface area contributed by atoms with Gasteiger partial charge in [0.1, 0.15) is 6.10 Å². The Hall–Kier alpha value is -0.650. The van der Waals surface area contributed by atoms with Gasteiger partial charge in [-0.25, -0.2) is 0 Å². The van der Waals surface area contributed by atoms with E-state index in [0.717, 1.165) is 19.4 Å². The Morgan fingerprint density at radius 2 is 2.28 bits per heavy atom. The van der Waals surface area contributed by atoms with E-state index in [4.69, 9.17) is 9.47 Å². The zero-order chi connectivity index (χ0) is 13.4. The van der Waals surface area contributed by atoms with Gasteiger partial charge in [-0.05, 0) is 19.8 Å². The molecule has 1 fully saturated rings. The summed E-state index contributed by atoms with van der Waals surface area (Å²) in [6.45, 7) is 5.19. The highest BCUT2D eigenvalue weighted by molar-refractivity contribution is 5.75. The summed E-state index contributed by atoms with van der Waals surface area (Å²) in [6.07, 6.45) is 2.80. The smallest absolute Gasteiger partial charge is 0.220 e. The molecule has 0 saturated carbocycles. The maximum absolute atomic E-state index is 11.4. The fourth-order valence-corrected chi connectivity index (χ4v) is 1.90. The number of nitrogens with one attached hydrogen (secondary N) is 1. The molecule has 18 heavy (non-hydrogen) atoms. The summed E-state index contributed by atoms with van der Waals surface area (Å²) in [4.78, 5) is 11.4. The first-order chi connectivity index (χ1) is 8.63. The maximum atomic E-state index is 11.4. The summed E-state index contributed by atoms with van der Waals surface area (Å²) in [6, 6.07) is 0. The SMILES string of the molecule is CCCCNC(=O)CCCOC1OC(C)CC1O. The Balaban J connectivity index is 1.99. The molecule has 0 aliphatic carbocycles. The zero-order valence-electron chi connectivity index (χ0n) is 11.4. The molecular formula is C13H25NO4. The minimum atomic E-state index is -0.543. The molecule has 5 nitrogen and oxygen atoms in total. The summed E-state index contributed by atoms with van der Waals surface area (Å²) >= 11 is 0. The maximum Gasteiger partial charge on any atom is 0.220 e. The molecule has 0 spiro atoms. The molecule has 0 radical (unpaired) electrons. The van der Waals surface area contributed by atoms with Crippen LogP contribution in [0.3, 0.4) is 0 Å². The van der Waals surface area contributed by atoms with Gasteiger partial charge in [-0.3, -0.25) is 4.79 Å². The van der Waals surface area contributed by atoms with E-state index in [1.807, 2.05) is 6.92 Å². The molecule has 5 heteroatoms. The molecule has 3 atom stereocenters. The molecule has 0 aromatic carbocycles. The third kappa shape index (κ3) is 5.80. The third-order valence-electron chi connectivity index (χ3n) is 2.94. The van der Waals surface area contributed by atoms with Crippen LogP contribution in [0.4, 0.5) is 0 Å². The van der Waals surface area contributed by atoms with Crippen molar-refractivity contribution in [2.75, 3.05) is 13.2 Å². The highest BCUT2D eigenvalue weighted by atomic mass is 16.7. The van der Waals surface area contributed by atoms with Gasteiger partial charge in [0.05, 0.1) is 12.7 Å². The van der Waals surface area contributed by atoms with Gasteiger partial charge in [-0.1, -0.05) is 13.3 Å². The number of aliphatic hydroxyl groups is 1. The minimum absolute atomic E-state index is 0.0438. The lowest BCUT2D eigenvalue weighted by Gasteiger charge is -2.14. The first-order valence-corrected chi connectivity index (χ1v) is 6.85. The normalized spacial score (nSPS) is 27.4. The Kier molecular flexibility index (Phi) is 7.23. The molecule has 1 aliphatic heterocycles. The van der Waals surface area contributed by atoms with E-state index in [1.165, 1.54) is 0 Å². The first-order valence-electron chi connectivity index (χ1n) is 6.85. The highest BCUT2D eigenvalue weighted by Crippen LogP contribution is 2.20. The van der Waals surface area contributed by atoms with Crippen molar-refractivity contribution in [2.45, 2.75) is 64.4 Å². The highest BCUT2D eigenvalue weighted by Gasteiger charge is 2.31. The van der Waals surface area contributed by atoms with Gasteiger partial charge in [0.2, 0.25) is 5.91 Å². The van der Waals surface area contributed by atoms with E-state index in [-0.39, 0.29) is 12.0 Å². The van der Waals surface area contributed by atoms with Crippen LogP contribution in [0.15, 0.2) is 0 Å². The van der Waals surface area contributed by atoms with Gasteiger partial charge in [-0.15, -0.1) is 0 Å². The molecule has 2 N–H and O–H groups in total.